The van der Waals surface area contributed by atoms with Crippen molar-refractivity contribution in [3.05, 3.63) is 59.9 Å². The molecule has 1 saturated heterocycles. The summed E-state index contributed by atoms with van der Waals surface area (Å²) in [6.07, 6.45) is 2.47. The topological polar surface area (TPSA) is 62.2 Å². The third-order valence-corrected chi connectivity index (χ3v) is 5.38. The molecular weight excluding hydrogens is 338 g/mol. The van der Waals surface area contributed by atoms with E-state index in [4.69, 9.17) is 0 Å². The molecule has 1 aliphatic carbocycles. The number of benzene rings is 1. The summed E-state index contributed by atoms with van der Waals surface area (Å²) in [5, 5.41) is 9.80. The standard InChI is InChI=1S/C21H21N5O/c27-21(19-8-7-15-3-1-2-4-17(15)22-19)26-13-11-25(12-14-26)20-10-9-18(23-24-20)16-5-6-16/h1-4,7-10,16H,5-6,11-14H2. The van der Waals surface area contributed by atoms with Gasteiger partial charge in [-0.25, -0.2) is 4.98 Å². The molecule has 3 aromatic rings. The number of piperazine rings is 1. The average Bonchev–Trinajstić information content (AvgIpc) is 3.59. The van der Waals surface area contributed by atoms with Gasteiger partial charge in [-0.15, -0.1) is 5.10 Å². The van der Waals surface area contributed by atoms with E-state index in [0.29, 0.717) is 24.7 Å². The Morgan fingerprint density at radius 2 is 1.70 bits per heavy atom. The molecular formula is C21H21N5O. The molecule has 3 heterocycles. The zero-order valence-electron chi connectivity index (χ0n) is 15.1. The molecule has 2 aromatic heterocycles. The molecule has 5 rings (SSSR count). The van der Waals surface area contributed by atoms with Crippen molar-refractivity contribution in [1.29, 1.82) is 0 Å². The zero-order chi connectivity index (χ0) is 18.2. The van der Waals surface area contributed by atoms with Crippen molar-refractivity contribution in [2.75, 3.05) is 31.1 Å². The van der Waals surface area contributed by atoms with Crippen LogP contribution in [0.4, 0.5) is 5.82 Å². The summed E-state index contributed by atoms with van der Waals surface area (Å²) in [6, 6.07) is 15.8. The molecule has 136 valence electrons. The summed E-state index contributed by atoms with van der Waals surface area (Å²) < 4.78 is 0. The second-order valence-electron chi connectivity index (χ2n) is 7.26. The first kappa shape index (κ1) is 16.2. The third-order valence-electron chi connectivity index (χ3n) is 5.38. The van der Waals surface area contributed by atoms with Crippen molar-refractivity contribution in [3.8, 4) is 0 Å². The van der Waals surface area contributed by atoms with Crippen LogP contribution in [0, 0.1) is 0 Å². The number of para-hydroxylation sites is 1. The van der Waals surface area contributed by atoms with Crippen molar-refractivity contribution in [1.82, 2.24) is 20.1 Å². The second-order valence-corrected chi connectivity index (χ2v) is 7.26. The van der Waals surface area contributed by atoms with Crippen LogP contribution in [0.3, 0.4) is 0 Å². The molecule has 0 unspecified atom stereocenters. The maximum atomic E-state index is 12.8. The number of fused-ring (bicyclic) bond motifs is 1. The summed E-state index contributed by atoms with van der Waals surface area (Å²) in [7, 11) is 0. The lowest BCUT2D eigenvalue weighted by Crippen LogP contribution is -2.49. The van der Waals surface area contributed by atoms with Gasteiger partial charge in [-0.3, -0.25) is 4.79 Å². The highest BCUT2D eigenvalue weighted by atomic mass is 16.2. The Balaban J connectivity index is 1.25. The van der Waals surface area contributed by atoms with E-state index in [0.717, 1.165) is 35.5 Å². The third kappa shape index (κ3) is 3.23. The smallest absolute Gasteiger partial charge is 0.272 e. The highest BCUT2D eigenvalue weighted by molar-refractivity contribution is 5.95. The first-order valence-electron chi connectivity index (χ1n) is 9.51. The number of carbonyl (C=O) groups is 1. The fraction of sp³-hybridized carbons (Fsp3) is 0.333. The summed E-state index contributed by atoms with van der Waals surface area (Å²) in [4.78, 5) is 21.4. The number of anilines is 1. The minimum atomic E-state index is -0.00410. The highest BCUT2D eigenvalue weighted by Gasteiger charge is 2.27. The number of rotatable bonds is 3. The molecule has 6 nitrogen and oxygen atoms in total. The van der Waals surface area contributed by atoms with Gasteiger partial charge < -0.3 is 9.80 Å². The monoisotopic (exact) mass is 359 g/mol. The Morgan fingerprint density at radius 1 is 0.889 bits per heavy atom. The molecule has 2 aliphatic rings. The molecule has 1 aliphatic heterocycles. The molecule has 0 spiro atoms. The molecule has 0 radical (unpaired) electrons. The van der Waals surface area contributed by atoms with Gasteiger partial charge in [-0.05, 0) is 37.1 Å². The number of pyridine rings is 1. The van der Waals surface area contributed by atoms with Gasteiger partial charge in [-0.1, -0.05) is 24.3 Å². The van der Waals surface area contributed by atoms with Crippen molar-refractivity contribution in [2.24, 2.45) is 0 Å². The molecule has 27 heavy (non-hydrogen) atoms. The van der Waals surface area contributed by atoms with Crippen LogP contribution in [0.2, 0.25) is 0 Å². The van der Waals surface area contributed by atoms with E-state index in [1.54, 1.807) is 0 Å². The fourth-order valence-electron chi connectivity index (χ4n) is 3.59. The molecule has 6 heteroatoms. The summed E-state index contributed by atoms with van der Waals surface area (Å²) >= 11 is 0. The van der Waals surface area contributed by atoms with E-state index in [1.807, 2.05) is 41.3 Å². The minimum absolute atomic E-state index is 0.00410. The summed E-state index contributed by atoms with van der Waals surface area (Å²) in [6.45, 7) is 2.85. The Hall–Kier alpha value is -3.02. The predicted molar refractivity (Wildman–Crippen MR) is 104 cm³/mol. The van der Waals surface area contributed by atoms with E-state index in [2.05, 4.69) is 32.2 Å². The largest absolute Gasteiger partial charge is 0.352 e. The van der Waals surface area contributed by atoms with Crippen LogP contribution in [0.1, 0.15) is 34.9 Å². The number of aromatic nitrogens is 3. The molecule has 0 bridgehead atoms. The number of hydrogen-bond acceptors (Lipinski definition) is 5. The highest BCUT2D eigenvalue weighted by Crippen LogP contribution is 2.38. The van der Waals surface area contributed by atoms with Gasteiger partial charge in [0.05, 0.1) is 11.2 Å². The SMILES string of the molecule is O=C(c1ccc2ccccc2n1)N1CCN(c2ccc(C3CC3)nn2)CC1. The van der Waals surface area contributed by atoms with Gasteiger partial charge in [0.25, 0.3) is 5.91 Å². The first-order valence-corrected chi connectivity index (χ1v) is 9.51. The Labute approximate surface area is 157 Å². The fourth-order valence-corrected chi connectivity index (χ4v) is 3.59. The van der Waals surface area contributed by atoms with Crippen LogP contribution >= 0.6 is 0 Å². The van der Waals surface area contributed by atoms with Crippen molar-refractivity contribution < 1.29 is 4.79 Å². The van der Waals surface area contributed by atoms with Gasteiger partial charge in [0.2, 0.25) is 0 Å². The summed E-state index contributed by atoms with van der Waals surface area (Å²) in [5.74, 6) is 1.52. The minimum Gasteiger partial charge on any atom is -0.352 e. The normalized spacial score (nSPS) is 17.3. The lowest BCUT2D eigenvalue weighted by Gasteiger charge is -2.35. The first-order chi connectivity index (χ1) is 13.3. The van der Waals surface area contributed by atoms with Gasteiger partial charge in [0.15, 0.2) is 5.82 Å². The molecule has 0 N–H and O–H groups in total. The second kappa shape index (κ2) is 6.61. The lowest BCUT2D eigenvalue weighted by atomic mass is 10.2. The average molecular weight is 359 g/mol. The van der Waals surface area contributed by atoms with Crippen LogP contribution < -0.4 is 4.90 Å². The van der Waals surface area contributed by atoms with Gasteiger partial charge in [0, 0.05) is 37.5 Å². The van der Waals surface area contributed by atoms with Gasteiger partial charge in [-0.2, -0.15) is 5.10 Å². The van der Waals surface area contributed by atoms with Crippen LogP contribution in [-0.2, 0) is 0 Å². The maximum absolute atomic E-state index is 12.8. The van der Waals surface area contributed by atoms with E-state index < -0.39 is 0 Å². The molecule has 0 atom stereocenters. The number of carbonyl (C=O) groups excluding carboxylic acids is 1. The quantitative estimate of drug-likeness (QED) is 0.720. The molecule has 2 fully saturated rings. The summed E-state index contributed by atoms with van der Waals surface area (Å²) in [5.41, 5.74) is 2.47. The Morgan fingerprint density at radius 3 is 2.44 bits per heavy atom. The van der Waals surface area contributed by atoms with Crippen LogP contribution in [0.15, 0.2) is 48.5 Å². The Bertz CT molecular complexity index is 975. The van der Waals surface area contributed by atoms with E-state index in [9.17, 15) is 4.79 Å². The number of nitrogens with zero attached hydrogens (tertiary/aromatic N) is 5. The van der Waals surface area contributed by atoms with E-state index in [-0.39, 0.29) is 5.91 Å². The molecule has 1 saturated carbocycles. The van der Waals surface area contributed by atoms with Gasteiger partial charge in [0.1, 0.15) is 5.69 Å². The molecule has 1 amide bonds. The maximum Gasteiger partial charge on any atom is 0.272 e. The van der Waals surface area contributed by atoms with E-state index in [1.165, 1.54) is 12.8 Å². The van der Waals surface area contributed by atoms with Crippen molar-refractivity contribution >= 4 is 22.6 Å². The van der Waals surface area contributed by atoms with Crippen LogP contribution in [0.5, 0.6) is 0 Å². The van der Waals surface area contributed by atoms with Crippen LogP contribution in [0.25, 0.3) is 10.9 Å². The lowest BCUT2D eigenvalue weighted by molar-refractivity contribution is 0.0741. The number of amides is 1. The van der Waals surface area contributed by atoms with Crippen molar-refractivity contribution in [2.45, 2.75) is 18.8 Å². The molecule has 1 aromatic carbocycles. The zero-order valence-corrected chi connectivity index (χ0v) is 15.1. The Kier molecular flexibility index (Phi) is 3.96. The predicted octanol–water partition coefficient (Wildman–Crippen LogP) is 2.86. The van der Waals surface area contributed by atoms with E-state index >= 15 is 0 Å². The number of hydrogen-bond donors (Lipinski definition) is 0. The van der Waals surface area contributed by atoms with Crippen molar-refractivity contribution in [3.63, 3.8) is 0 Å². The van der Waals surface area contributed by atoms with Crippen LogP contribution in [-0.4, -0.2) is 52.2 Å². The van der Waals surface area contributed by atoms with Gasteiger partial charge >= 0.3 is 0 Å².